The zero-order chi connectivity index (χ0) is 9.23. The summed E-state index contributed by atoms with van der Waals surface area (Å²) in [6.45, 7) is 8.47. The first-order valence-electron chi connectivity index (χ1n) is 4.82. The van der Waals surface area contributed by atoms with Gasteiger partial charge in [-0.25, -0.2) is 0 Å². The fourth-order valence-corrected chi connectivity index (χ4v) is 1.93. The van der Waals surface area contributed by atoms with E-state index in [1.54, 1.807) is 0 Å². The summed E-state index contributed by atoms with van der Waals surface area (Å²) < 4.78 is 0. The van der Waals surface area contributed by atoms with Crippen molar-refractivity contribution in [1.29, 1.82) is 0 Å². The highest BCUT2D eigenvalue weighted by Crippen LogP contribution is 2.01. The fourth-order valence-electron chi connectivity index (χ4n) is 0.804. The average Bonchev–Trinajstić information content (AvgIpc) is 2.06. The number of amidine groups is 1. The van der Waals surface area contributed by atoms with Crippen LogP contribution in [-0.2, 0) is 0 Å². The predicted molar refractivity (Wildman–Crippen MR) is 57.6 cm³/mol. The molecule has 0 unspecified atom stereocenters. The minimum atomic E-state index is 1.00. The van der Waals surface area contributed by atoms with E-state index in [1.807, 2.05) is 11.8 Å². The van der Waals surface area contributed by atoms with Gasteiger partial charge in [0.25, 0.3) is 0 Å². The van der Waals surface area contributed by atoms with Crippen LogP contribution in [0.3, 0.4) is 0 Å². The maximum absolute atomic E-state index is 3.31. The van der Waals surface area contributed by atoms with E-state index in [4.69, 9.17) is 0 Å². The van der Waals surface area contributed by atoms with E-state index in [0.29, 0.717) is 0 Å². The second-order valence-electron chi connectivity index (χ2n) is 2.59. The molecule has 0 fully saturated rings. The Morgan fingerprint density at radius 2 is 2.08 bits per heavy atom. The summed E-state index contributed by atoms with van der Waals surface area (Å²) in [5, 5.41) is 4.54. The zero-order valence-electron chi connectivity index (χ0n) is 8.44. The first-order valence-corrected chi connectivity index (χ1v) is 5.81. The first-order chi connectivity index (χ1) is 5.85. The van der Waals surface area contributed by atoms with E-state index in [2.05, 4.69) is 31.1 Å². The number of thioether (sulfide) groups is 1. The fraction of sp³-hybridized carbons (Fsp3) is 0.889. The summed E-state index contributed by atoms with van der Waals surface area (Å²) in [4.78, 5) is 3.31. The van der Waals surface area contributed by atoms with Crippen molar-refractivity contribution in [1.82, 2.24) is 5.32 Å². The van der Waals surface area contributed by atoms with Crippen molar-refractivity contribution >= 4 is 16.9 Å². The second kappa shape index (κ2) is 8.91. The quantitative estimate of drug-likeness (QED) is 0.376. The zero-order valence-corrected chi connectivity index (χ0v) is 9.26. The Hall–Kier alpha value is -0.180. The Morgan fingerprint density at radius 3 is 2.58 bits per heavy atom. The summed E-state index contributed by atoms with van der Waals surface area (Å²) in [6, 6.07) is 0. The molecule has 0 saturated carbocycles. The van der Waals surface area contributed by atoms with Crippen molar-refractivity contribution in [3.63, 3.8) is 0 Å². The van der Waals surface area contributed by atoms with Crippen molar-refractivity contribution in [3.05, 3.63) is 0 Å². The summed E-state index contributed by atoms with van der Waals surface area (Å²) in [6.07, 6.45) is 2.57. The van der Waals surface area contributed by atoms with Crippen LogP contribution in [0.5, 0.6) is 0 Å². The smallest absolute Gasteiger partial charge is 0.269 e. The Morgan fingerprint density at radius 1 is 1.33 bits per heavy atom. The topological polar surface area (TPSA) is 26.0 Å². The van der Waals surface area contributed by atoms with Crippen molar-refractivity contribution in [2.24, 2.45) is 0 Å². The molecular weight excluding hydrogens is 168 g/mol. The molecule has 0 aromatic carbocycles. The maximum atomic E-state index is 3.31. The molecule has 72 valence electrons. The molecule has 0 atom stereocenters. The lowest BCUT2D eigenvalue weighted by Crippen LogP contribution is -2.74. The molecule has 0 bridgehead atoms. The third kappa shape index (κ3) is 6.53. The first kappa shape index (κ1) is 11.8. The maximum Gasteiger partial charge on any atom is 0.304 e. The molecular formula is C9H21N2S+. The van der Waals surface area contributed by atoms with E-state index < -0.39 is 0 Å². The summed E-state index contributed by atoms with van der Waals surface area (Å²) >= 11 is 1.89. The van der Waals surface area contributed by atoms with Crippen LogP contribution in [0.2, 0.25) is 0 Å². The van der Waals surface area contributed by atoms with Gasteiger partial charge in [-0.2, -0.15) is 0 Å². The molecule has 0 spiro atoms. The largest absolute Gasteiger partial charge is 0.304 e. The normalized spacial score (nSPS) is 11.8. The third-order valence-corrected chi connectivity index (χ3v) is 2.49. The van der Waals surface area contributed by atoms with Gasteiger partial charge in [0.15, 0.2) is 0 Å². The summed E-state index contributed by atoms with van der Waals surface area (Å²) in [5.41, 5.74) is 0. The van der Waals surface area contributed by atoms with Crippen molar-refractivity contribution in [3.8, 4) is 0 Å². The number of nitrogens with one attached hydrogen (secondary N) is 2. The average molecular weight is 189 g/mol. The van der Waals surface area contributed by atoms with Crippen LogP contribution in [0, 0.1) is 0 Å². The van der Waals surface area contributed by atoms with Gasteiger partial charge in [0.2, 0.25) is 0 Å². The highest BCUT2D eigenvalue weighted by molar-refractivity contribution is 8.13. The molecule has 0 heterocycles. The van der Waals surface area contributed by atoms with Gasteiger partial charge in [0.1, 0.15) is 0 Å². The molecule has 0 aliphatic rings. The molecule has 0 aromatic rings. The van der Waals surface area contributed by atoms with E-state index in [9.17, 15) is 0 Å². The monoisotopic (exact) mass is 189 g/mol. The molecule has 0 radical (unpaired) electrons. The SMILES string of the molecule is CCCCSC(NCC)=[NH+]CC. The van der Waals surface area contributed by atoms with Crippen molar-refractivity contribution in [2.75, 3.05) is 18.8 Å². The highest BCUT2D eigenvalue weighted by Gasteiger charge is 2.02. The van der Waals surface area contributed by atoms with Gasteiger partial charge >= 0.3 is 5.17 Å². The van der Waals surface area contributed by atoms with Gasteiger partial charge in [0.05, 0.1) is 13.1 Å². The summed E-state index contributed by atoms with van der Waals surface area (Å²) in [7, 11) is 0. The molecule has 12 heavy (non-hydrogen) atoms. The van der Waals surface area contributed by atoms with Gasteiger partial charge in [-0.1, -0.05) is 13.3 Å². The lowest BCUT2D eigenvalue weighted by Gasteiger charge is -1.99. The predicted octanol–water partition coefficient (Wildman–Crippen LogP) is 0.586. The lowest BCUT2D eigenvalue weighted by atomic mass is 10.4. The highest BCUT2D eigenvalue weighted by atomic mass is 32.2. The molecule has 0 saturated heterocycles. The van der Waals surface area contributed by atoms with Crippen LogP contribution in [-0.4, -0.2) is 24.0 Å². The van der Waals surface area contributed by atoms with E-state index in [1.165, 1.54) is 23.8 Å². The minimum Gasteiger partial charge on any atom is -0.269 e. The van der Waals surface area contributed by atoms with Gasteiger partial charge in [0, 0.05) is 5.75 Å². The van der Waals surface area contributed by atoms with Gasteiger partial charge in [-0.05, 0) is 32.0 Å². The van der Waals surface area contributed by atoms with E-state index in [0.717, 1.165) is 13.1 Å². The van der Waals surface area contributed by atoms with Crippen LogP contribution in [0.4, 0.5) is 0 Å². The van der Waals surface area contributed by atoms with Crippen LogP contribution >= 0.6 is 11.8 Å². The van der Waals surface area contributed by atoms with Gasteiger partial charge in [-0.15, -0.1) is 0 Å². The number of hydrogen-bond donors (Lipinski definition) is 2. The Labute approximate surface area is 80.2 Å². The number of hydrogen-bond acceptors (Lipinski definition) is 1. The molecule has 0 rings (SSSR count). The summed E-state index contributed by atoms with van der Waals surface area (Å²) in [5.74, 6) is 1.21. The third-order valence-electron chi connectivity index (χ3n) is 1.42. The minimum absolute atomic E-state index is 1.00. The number of unbranched alkanes of at least 4 members (excludes halogenated alkanes) is 1. The lowest BCUT2D eigenvalue weighted by molar-refractivity contribution is -0.451. The standard InChI is InChI=1S/C9H20N2S/c1-4-7-8-12-9(10-5-2)11-6-3/h4-8H2,1-3H3,(H,10,11)/p+1. The van der Waals surface area contributed by atoms with Crippen molar-refractivity contribution < 1.29 is 4.99 Å². The molecule has 2 nitrogen and oxygen atoms in total. The van der Waals surface area contributed by atoms with Crippen LogP contribution in [0.1, 0.15) is 33.6 Å². The van der Waals surface area contributed by atoms with Crippen LogP contribution < -0.4 is 10.3 Å². The number of rotatable bonds is 5. The molecule has 2 N–H and O–H groups in total. The molecule has 0 aromatic heterocycles. The van der Waals surface area contributed by atoms with Crippen LogP contribution in [0.15, 0.2) is 0 Å². The van der Waals surface area contributed by atoms with Gasteiger partial charge in [-0.3, -0.25) is 10.3 Å². The molecule has 0 aliphatic carbocycles. The van der Waals surface area contributed by atoms with E-state index in [-0.39, 0.29) is 0 Å². The van der Waals surface area contributed by atoms with Crippen molar-refractivity contribution in [2.45, 2.75) is 33.6 Å². The molecule has 0 aliphatic heterocycles. The van der Waals surface area contributed by atoms with E-state index >= 15 is 0 Å². The Balaban J connectivity index is 3.56. The molecule has 0 amide bonds. The van der Waals surface area contributed by atoms with Crippen LogP contribution in [0.25, 0.3) is 0 Å². The Bertz CT molecular complexity index is 124. The Kier molecular flexibility index (Phi) is 8.78. The van der Waals surface area contributed by atoms with Gasteiger partial charge < -0.3 is 0 Å². The molecule has 3 heteroatoms. The second-order valence-corrected chi connectivity index (χ2v) is 3.70.